The third-order valence-corrected chi connectivity index (χ3v) is 11.1. The van der Waals surface area contributed by atoms with Crippen LogP contribution in [0.25, 0.3) is 10.8 Å². The number of benzene rings is 4. The molecule has 13 nitrogen and oxygen atoms in total. The zero-order chi connectivity index (χ0) is 38.1. The molecule has 0 unspecified atom stereocenters. The Kier molecular flexibility index (Phi) is 12.9. The maximum Gasteiger partial charge on any atom is 0.335 e. The first-order valence-corrected chi connectivity index (χ1v) is 19.1. The van der Waals surface area contributed by atoms with E-state index in [2.05, 4.69) is 28.0 Å². The molecular weight excluding hydrogens is 721 g/mol. The van der Waals surface area contributed by atoms with Crippen molar-refractivity contribution in [3.05, 3.63) is 114 Å². The number of fused-ring (bicyclic) bond motifs is 1. The number of likely N-dealkylation sites (tertiary alicyclic amines) is 1. The largest absolute Gasteiger partial charge is 0.481 e. The molecule has 1 aliphatic heterocycles. The molecule has 1 saturated heterocycles. The molecule has 5 N–H and O–H groups in total. The molecule has 0 aromatic heterocycles. The summed E-state index contributed by atoms with van der Waals surface area (Å²) in [6, 6.07) is 23.3. The number of carbonyl (C=O) groups excluding carboxylic acids is 3. The van der Waals surface area contributed by atoms with Gasteiger partial charge in [0, 0.05) is 36.6 Å². The van der Waals surface area contributed by atoms with E-state index in [0.29, 0.717) is 17.2 Å². The standard InChI is InChI=1S/C38H40N4O9S2/c43-34(44)18-17-30(41-53(50,51)33-12-6-10-26-9-4-5-11-29(26)33)37(47)42-22-28(25-7-2-1-3-8-25)21-32(42)36(46)40-31(23-52)35(45)39-20-19-24-13-15-27(16-14-24)38(48)49/h1-16,28,30-32,41,52H,17-23H2,(H,39,45)(H,40,46)(H,43,44)(H,48,49)/t28-,30+,31+,32+/m1/s1. The van der Waals surface area contributed by atoms with Crippen LogP contribution >= 0.6 is 12.6 Å². The van der Waals surface area contributed by atoms with Crippen molar-refractivity contribution < 1.29 is 42.6 Å². The number of thiol groups is 1. The molecule has 3 amide bonds. The first-order valence-electron chi connectivity index (χ1n) is 17.0. The van der Waals surface area contributed by atoms with Crippen LogP contribution < -0.4 is 15.4 Å². The van der Waals surface area contributed by atoms with E-state index in [4.69, 9.17) is 5.11 Å². The Morgan fingerprint density at radius 2 is 1.53 bits per heavy atom. The predicted molar refractivity (Wildman–Crippen MR) is 200 cm³/mol. The number of hydrogen-bond donors (Lipinski definition) is 6. The topological polar surface area (TPSA) is 199 Å². The maximum atomic E-state index is 14.3. The van der Waals surface area contributed by atoms with Crippen LogP contribution in [-0.2, 0) is 35.6 Å². The highest BCUT2D eigenvalue weighted by Gasteiger charge is 2.43. The maximum absolute atomic E-state index is 14.3. The van der Waals surface area contributed by atoms with Crippen molar-refractivity contribution in [3.8, 4) is 0 Å². The van der Waals surface area contributed by atoms with Gasteiger partial charge in [-0.2, -0.15) is 17.4 Å². The van der Waals surface area contributed by atoms with Gasteiger partial charge < -0.3 is 25.7 Å². The Labute approximate surface area is 312 Å². The molecule has 4 aromatic rings. The first-order chi connectivity index (χ1) is 25.4. The van der Waals surface area contributed by atoms with Gasteiger partial charge in [0.1, 0.15) is 18.1 Å². The molecule has 278 valence electrons. The summed E-state index contributed by atoms with van der Waals surface area (Å²) in [6.45, 7) is 0.233. The van der Waals surface area contributed by atoms with Gasteiger partial charge >= 0.3 is 11.9 Å². The van der Waals surface area contributed by atoms with E-state index in [-0.39, 0.29) is 48.1 Å². The number of amides is 3. The van der Waals surface area contributed by atoms with Crippen molar-refractivity contribution >= 4 is 63.1 Å². The monoisotopic (exact) mass is 760 g/mol. The highest BCUT2D eigenvalue weighted by Crippen LogP contribution is 2.33. The molecule has 4 atom stereocenters. The van der Waals surface area contributed by atoms with E-state index in [1.165, 1.54) is 23.1 Å². The van der Waals surface area contributed by atoms with Gasteiger partial charge in [-0.3, -0.25) is 19.2 Å². The Morgan fingerprint density at radius 3 is 2.21 bits per heavy atom. The molecule has 4 aromatic carbocycles. The number of sulfonamides is 1. The molecule has 5 rings (SSSR count). The Bertz CT molecular complexity index is 2070. The van der Waals surface area contributed by atoms with E-state index in [1.54, 1.807) is 48.5 Å². The molecule has 0 spiro atoms. The molecule has 0 saturated carbocycles. The Balaban J connectivity index is 1.35. The minimum Gasteiger partial charge on any atom is -0.481 e. The number of carbonyl (C=O) groups is 5. The number of nitrogens with zero attached hydrogens (tertiary/aromatic N) is 1. The van der Waals surface area contributed by atoms with Gasteiger partial charge in [0.25, 0.3) is 0 Å². The van der Waals surface area contributed by atoms with Gasteiger partial charge in [-0.15, -0.1) is 0 Å². The lowest BCUT2D eigenvalue weighted by Crippen LogP contribution is -2.56. The fraction of sp³-hybridized carbons (Fsp3) is 0.289. The van der Waals surface area contributed by atoms with Gasteiger partial charge in [0.15, 0.2) is 0 Å². The van der Waals surface area contributed by atoms with E-state index in [9.17, 15) is 37.5 Å². The number of carboxylic acids is 2. The molecule has 1 fully saturated rings. The van der Waals surface area contributed by atoms with Crippen molar-refractivity contribution in [2.75, 3.05) is 18.8 Å². The molecular formula is C38H40N4O9S2. The highest BCUT2D eigenvalue weighted by molar-refractivity contribution is 7.89. The molecule has 0 aliphatic carbocycles. The van der Waals surface area contributed by atoms with Crippen LogP contribution in [0, 0.1) is 0 Å². The van der Waals surface area contributed by atoms with E-state index < -0.39 is 64.2 Å². The van der Waals surface area contributed by atoms with E-state index in [1.807, 2.05) is 30.3 Å². The normalized spacial score (nSPS) is 16.8. The zero-order valence-electron chi connectivity index (χ0n) is 28.6. The Morgan fingerprint density at radius 1 is 0.849 bits per heavy atom. The summed E-state index contributed by atoms with van der Waals surface area (Å²) < 4.78 is 30.1. The molecule has 0 bridgehead atoms. The van der Waals surface area contributed by atoms with E-state index in [0.717, 1.165) is 11.1 Å². The lowest BCUT2D eigenvalue weighted by Gasteiger charge is -2.29. The van der Waals surface area contributed by atoms with E-state index >= 15 is 0 Å². The number of nitrogens with one attached hydrogen (secondary N) is 3. The lowest BCUT2D eigenvalue weighted by molar-refractivity contribution is -0.141. The second-order valence-electron chi connectivity index (χ2n) is 12.7. The van der Waals surface area contributed by atoms with Gasteiger partial charge in [0.05, 0.1) is 10.5 Å². The van der Waals surface area contributed by atoms with Crippen LogP contribution in [0.3, 0.4) is 0 Å². The third kappa shape index (κ3) is 9.80. The van der Waals surface area contributed by atoms with Crippen LogP contribution in [0.5, 0.6) is 0 Å². The fourth-order valence-corrected chi connectivity index (χ4v) is 8.12. The molecule has 15 heteroatoms. The van der Waals surface area contributed by atoms with Crippen LogP contribution in [0.2, 0.25) is 0 Å². The van der Waals surface area contributed by atoms with Crippen LogP contribution in [-0.4, -0.2) is 90.2 Å². The van der Waals surface area contributed by atoms with Crippen molar-refractivity contribution in [1.29, 1.82) is 0 Å². The number of carboxylic acid groups (broad SMARTS) is 2. The number of aromatic carboxylic acids is 1. The second-order valence-corrected chi connectivity index (χ2v) is 14.8. The van der Waals surface area contributed by atoms with Crippen molar-refractivity contribution in [2.24, 2.45) is 0 Å². The number of rotatable bonds is 16. The summed E-state index contributed by atoms with van der Waals surface area (Å²) in [4.78, 5) is 65.4. The summed E-state index contributed by atoms with van der Waals surface area (Å²) >= 11 is 4.28. The second kappa shape index (κ2) is 17.5. The molecule has 53 heavy (non-hydrogen) atoms. The summed E-state index contributed by atoms with van der Waals surface area (Å²) in [5.74, 6) is -4.61. The van der Waals surface area contributed by atoms with Crippen molar-refractivity contribution in [1.82, 2.24) is 20.3 Å². The average molecular weight is 761 g/mol. The fourth-order valence-electron chi connectivity index (χ4n) is 6.41. The first kappa shape index (κ1) is 39.0. The third-order valence-electron chi connectivity index (χ3n) is 9.17. The zero-order valence-corrected chi connectivity index (χ0v) is 30.3. The van der Waals surface area contributed by atoms with Crippen molar-refractivity contribution in [3.63, 3.8) is 0 Å². The van der Waals surface area contributed by atoms with Gasteiger partial charge in [-0.05, 0) is 54.0 Å². The van der Waals surface area contributed by atoms with Crippen LogP contribution in [0.4, 0.5) is 0 Å². The van der Waals surface area contributed by atoms with Crippen molar-refractivity contribution in [2.45, 2.75) is 54.6 Å². The highest BCUT2D eigenvalue weighted by atomic mass is 32.2. The van der Waals surface area contributed by atoms with Crippen LogP contribution in [0.1, 0.15) is 46.7 Å². The molecule has 0 radical (unpaired) electrons. The van der Waals surface area contributed by atoms with Gasteiger partial charge in [0.2, 0.25) is 27.7 Å². The van der Waals surface area contributed by atoms with Gasteiger partial charge in [-0.1, -0.05) is 78.9 Å². The summed E-state index contributed by atoms with van der Waals surface area (Å²) in [5, 5.41) is 25.1. The quantitative estimate of drug-likeness (QED) is 0.0929. The van der Waals surface area contributed by atoms with Gasteiger partial charge in [-0.25, -0.2) is 13.2 Å². The smallest absolute Gasteiger partial charge is 0.335 e. The van der Waals surface area contributed by atoms with Crippen LogP contribution in [0.15, 0.2) is 102 Å². The summed E-state index contributed by atoms with van der Waals surface area (Å²) in [5.41, 5.74) is 1.78. The number of aliphatic carboxylic acids is 1. The lowest BCUT2D eigenvalue weighted by atomic mass is 9.96. The SMILES string of the molecule is O=C(O)CC[C@H](NS(=O)(=O)c1cccc2ccccc12)C(=O)N1C[C@H](c2ccccc2)C[C@H]1C(=O)N[C@@H](CS)C(=O)NCCc1ccc(C(=O)O)cc1. The minimum atomic E-state index is -4.36. The molecule has 1 aliphatic rings. The Hall–Kier alpha value is -5.25. The summed E-state index contributed by atoms with van der Waals surface area (Å²) in [7, 11) is -4.36. The predicted octanol–water partition coefficient (Wildman–Crippen LogP) is 3.21. The summed E-state index contributed by atoms with van der Waals surface area (Å²) in [6.07, 6.45) is -0.335. The average Bonchev–Trinajstić information content (AvgIpc) is 3.61. The number of hydrogen-bond acceptors (Lipinski definition) is 8. The molecule has 1 heterocycles. The minimum absolute atomic E-state index is 0.0406.